The number of hydrogen-bond acceptors (Lipinski definition) is 7. The molecular weight excluding hydrogens is 422 g/mol. The van der Waals surface area contributed by atoms with Crippen LogP contribution in [0.3, 0.4) is 0 Å². The molecule has 152 valence electrons. The molecular formula is C21H18ClN5O2S. The van der Waals surface area contributed by atoms with Crippen LogP contribution in [0.1, 0.15) is 29.6 Å². The van der Waals surface area contributed by atoms with Gasteiger partial charge in [-0.15, -0.1) is 21.5 Å². The van der Waals surface area contributed by atoms with Crippen molar-refractivity contribution in [2.45, 2.75) is 31.3 Å². The standard InChI is InChI=1S/C21H18ClN5O2S/c22-14-3-1-2-12(8-14)13-4-5-15-16(9-13)30-20(24-15)11-19-27-26-18(29-19)10-17(28)25-21(23)6-7-21/h1-5,8-9H,6-7,10-11,23H2,(H,25,28). The summed E-state index contributed by atoms with van der Waals surface area (Å²) < 4.78 is 6.69. The lowest BCUT2D eigenvalue weighted by Crippen LogP contribution is -2.44. The third-order valence-corrected chi connectivity index (χ3v) is 6.14. The average Bonchev–Trinajstić information content (AvgIpc) is 3.10. The molecule has 4 aromatic rings. The Balaban J connectivity index is 1.30. The summed E-state index contributed by atoms with van der Waals surface area (Å²) in [5, 5.41) is 12.4. The first-order chi connectivity index (χ1) is 14.5. The molecule has 2 aromatic carbocycles. The van der Waals surface area contributed by atoms with Gasteiger partial charge in [-0.2, -0.15) is 0 Å². The van der Waals surface area contributed by atoms with Crippen LogP contribution >= 0.6 is 22.9 Å². The molecule has 1 aliphatic carbocycles. The molecule has 1 aliphatic rings. The lowest BCUT2D eigenvalue weighted by Gasteiger charge is -2.09. The van der Waals surface area contributed by atoms with Crippen LogP contribution in [-0.4, -0.2) is 26.8 Å². The van der Waals surface area contributed by atoms with E-state index >= 15 is 0 Å². The quantitative estimate of drug-likeness (QED) is 0.443. The topological polar surface area (TPSA) is 107 Å². The van der Waals surface area contributed by atoms with E-state index in [4.69, 9.17) is 21.8 Å². The number of carbonyl (C=O) groups is 1. The van der Waals surface area contributed by atoms with Gasteiger partial charge in [0.1, 0.15) is 11.4 Å². The number of amides is 1. The summed E-state index contributed by atoms with van der Waals surface area (Å²) in [7, 11) is 0. The molecule has 0 aliphatic heterocycles. The Morgan fingerprint density at radius 1 is 1.17 bits per heavy atom. The van der Waals surface area contributed by atoms with Gasteiger partial charge in [0.25, 0.3) is 0 Å². The fraction of sp³-hybridized carbons (Fsp3) is 0.238. The van der Waals surface area contributed by atoms with Gasteiger partial charge in [0.05, 0.1) is 22.3 Å². The van der Waals surface area contributed by atoms with Crippen LogP contribution in [0.25, 0.3) is 21.3 Å². The molecule has 0 unspecified atom stereocenters. The Hall–Kier alpha value is -2.81. The van der Waals surface area contributed by atoms with Crippen molar-refractivity contribution in [1.82, 2.24) is 20.5 Å². The van der Waals surface area contributed by atoms with E-state index in [2.05, 4.69) is 26.6 Å². The summed E-state index contributed by atoms with van der Waals surface area (Å²) in [5.74, 6) is 0.496. The lowest BCUT2D eigenvalue weighted by atomic mass is 10.1. The molecule has 1 amide bonds. The molecule has 0 spiro atoms. The van der Waals surface area contributed by atoms with Crippen LogP contribution in [0, 0.1) is 0 Å². The Kier molecular flexibility index (Phi) is 4.77. The van der Waals surface area contributed by atoms with Crippen molar-refractivity contribution < 1.29 is 9.21 Å². The molecule has 1 saturated carbocycles. The van der Waals surface area contributed by atoms with E-state index < -0.39 is 5.66 Å². The molecule has 2 heterocycles. The van der Waals surface area contributed by atoms with E-state index in [9.17, 15) is 4.79 Å². The van der Waals surface area contributed by atoms with E-state index in [1.807, 2.05) is 36.4 Å². The van der Waals surface area contributed by atoms with Crippen molar-refractivity contribution in [3.05, 3.63) is 64.3 Å². The van der Waals surface area contributed by atoms with Crippen LogP contribution in [0.15, 0.2) is 46.9 Å². The molecule has 3 N–H and O–H groups in total. The van der Waals surface area contributed by atoms with E-state index in [0.29, 0.717) is 17.3 Å². The van der Waals surface area contributed by atoms with Gasteiger partial charge in [-0.1, -0.05) is 29.8 Å². The summed E-state index contributed by atoms with van der Waals surface area (Å²) in [4.78, 5) is 16.6. The molecule has 1 fully saturated rings. The van der Waals surface area contributed by atoms with Crippen LogP contribution in [0.4, 0.5) is 0 Å². The van der Waals surface area contributed by atoms with Gasteiger partial charge in [0, 0.05) is 5.02 Å². The summed E-state index contributed by atoms with van der Waals surface area (Å²) in [5.41, 5.74) is 8.39. The fourth-order valence-electron chi connectivity index (χ4n) is 3.18. The number of nitrogens with two attached hydrogens (primary N) is 1. The maximum atomic E-state index is 12.0. The number of benzene rings is 2. The SMILES string of the molecule is NC1(NC(=O)Cc2nnc(Cc3nc4ccc(-c5cccc(Cl)c5)cc4s3)o2)CC1. The number of carbonyl (C=O) groups excluding carboxylic acids is 1. The monoisotopic (exact) mass is 439 g/mol. The van der Waals surface area contributed by atoms with E-state index in [0.717, 1.165) is 39.2 Å². The minimum Gasteiger partial charge on any atom is -0.424 e. The second kappa shape index (κ2) is 7.46. The highest BCUT2D eigenvalue weighted by atomic mass is 35.5. The largest absolute Gasteiger partial charge is 0.424 e. The maximum absolute atomic E-state index is 12.0. The second-order valence-corrected chi connectivity index (χ2v) is 9.00. The van der Waals surface area contributed by atoms with E-state index in [1.165, 1.54) is 0 Å². The van der Waals surface area contributed by atoms with Crippen molar-refractivity contribution in [3.63, 3.8) is 0 Å². The average molecular weight is 440 g/mol. The molecule has 30 heavy (non-hydrogen) atoms. The number of hydrogen-bond donors (Lipinski definition) is 2. The van der Waals surface area contributed by atoms with Gasteiger partial charge >= 0.3 is 0 Å². The summed E-state index contributed by atoms with van der Waals surface area (Å²) in [6, 6.07) is 13.9. The number of aromatic nitrogens is 3. The lowest BCUT2D eigenvalue weighted by molar-refractivity contribution is -0.121. The number of thiazole rings is 1. The summed E-state index contributed by atoms with van der Waals surface area (Å²) in [6.45, 7) is 0. The fourth-order valence-corrected chi connectivity index (χ4v) is 4.36. The Labute approximate surface area is 181 Å². The summed E-state index contributed by atoms with van der Waals surface area (Å²) >= 11 is 7.69. The zero-order chi connectivity index (χ0) is 20.7. The van der Waals surface area contributed by atoms with Gasteiger partial charge < -0.3 is 15.5 Å². The zero-order valence-corrected chi connectivity index (χ0v) is 17.5. The molecule has 2 aromatic heterocycles. The Morgan fingerprint density at radius 3 is 2.77 bits per heavy atom. The molecule has 0 radical (unpaired) electrons. The second-order valence-electron chi connectivity index (χ2n) is 7.45. The molecule has 9 heteroatoms. The van der Waals surface area contributed by atoms with E-state index in [1.54, 1.807) is 11.3 Å². The third-order valence-electron chi connectivity index (χ3n) is 4.89. The number of nitrogens with zero attached hydrogens (tertiary/aromatic N) is 3. The molecule has 0 atom stereocenters. The highest BCUT2D eigenvalue weighted by molar-refractivity contribution is 7.18. The van der Waals surface area contributed by atoms with Crippen molar-refractivity contribution in [2.24, 2.45) is 5.73 Å². The number of fused-ring (bicyclic) bond motifs is 1. The van der Waals surface area contributed by atoms with Gasteiger partial charge in [-0.25, -0.2) is 4.98 Å². The minimum atomic E-state index is -0.551. The van der Waals surface area contributed by atoms with Crippen LogP contribution in [-0.2, 0) is 17.6 Å². The van der Waals surface area contributed by atoms with Gasteiger partial charge in [0.2, 0.25) is 17.7 Å². The van der Waals surface area contributed by atoms with Crippen LogP contribution < -0.4 is 11.1 Å². The van der Waals surface area contributed by atoms with Crippen molar-refractivity contribution in [3.8, 4) is 11.1 Å². The first-order valence-electron chi connectivity index (χ1n) is 9.52. The van der Waals surface area contributed by atoms with E-state index in [-0.39, 0.29) is 18.2 Å². The number of rotatable bonds is 6. The molecule has 7 nitrogen and oxygen atoms in total. The van der Waals surface area contributed by atoms with Crippen molar-refractivity contribution in [2.75, 3.05) is 0 Å². The molecule has 5 rings (SSSR count). The third kappa shape index (κ3) is 4.21. The maximum Gasteiger partial charge on any atom is 0.230 e. The number of halogens is 1. The minimum absolute atomic E-state index is 0.0226. The Bertz CT molecular complexity index is 1250. The Morgan fingerprint density at radius 2 is 1.97 bits per heavy atom. The van der Waals surface area contributed by atoms with Crippen LogP contribution in [0.5, 0.6) is 0 Å². The predicted octanol–water partition coefficient (Wildman–Crippen LogP) is 3.70. The van der Waals surface area contributed by atoms with Gasteiger partial charge in [-0.3, -0.25) is 4.79 Å². The predicted molar refractivity (Wildman–Crippen MR) is 115 cm³/mol. The van der Waals surface area contributed by atoms with Gasteiger partial charge in [-0.05, 0) is 48.2 Å². The van der Waals surface area contributed by atoms with Crippen molar-refractivity contribution in [1.29, 1.82) is 0 Å². The molecule has 0 bridgehead atoms. The first-order valence-corrected chi connectivity index (χ1v) is 10.7. The highest BCUT2D eigenvalue weighted by Crippen LogP contribution is 2.30. The molecule has 0 saturated heterocycles. The normalized spacial score (nSPS) is 14.7. The zero-order valence-electron chi connectivity index (χ0n) is 15.9. The smallest absolute Gasteiger partial charge is 0.230 e. The summed E-state index contributed by atoms with van der Waals surface area (Å²) in [6.07, 6.45) is 2.03. The van der Waals surface area contributed by atoms with Gasteiger partial charge in [0.15, 0.2) is 0 Å². The first kappa shape index (κ1) is 19.2. The van der Waals surface area contributed by atoms with Crippen LogP contribution in [0.2, 0.25) is 5.02 Å². The van der Waals surface area contributed by atoms with Crippen molar-refractivity contribution >= 4 is 39.1 Å². The highest BCUT2D eigenvalue weighted by Gasteiger charge is 2.39. The number of nitrogens with one attached hydrogen (secondary N) is 1.